The van der Waals surface area contributed by atoms with Crippen molar-refractivity contribution in [3.63, 3.8) is 0 Å². The average Bonchev–Trinajstić information content (AvgIpc) is 2.84. The van der Waals surface area contributed by atoms with Crippen molar-refractivity contribution in [1.82, 2.24) is 0 Å². The van der Waals surface area contributed by atoms with Gasteiger partial charge in [0.2, 0.25) is 0 Å². The molecule has 3 aliphatic carbocycles. The van der Waals surface area contributed by atoms with Gasteiger partial charge in [-0.1, -0.05) is 0 Å². The zero-order valence-electron chi connectivity index (χ0n) is 12.1. The van der Waals surface area contributed by atoms with E-state index in [-0.39, 0.29) is 0 Å². The Labute approximate surface area is 119 Å². The van der Waals surface area contributed by atoms with Gasteiger partial charge >= 0.3 is 0 Å². The third-order valence-corrected chi connectivity index (χ3v) is 5.61. The van der Waals surface area contributed by atoms with E-state index < -0.39 is 0 Å². The number of methoxy groups -OCH3 is 2. The first kappa shape index (κ1) is 12.2. The molecule has 0 radical (unpaired) electrons. The molecular formula is C16H22N2O2. The fourth-order valence-electron chi connectivity index (χ4n) is 4.72. The third-order valence-electron chi connectivity index (χ3n) is 5.61. The molecule has 0 heterocycles. The maximum absolute atomic E-state index is 6.13. The van der Waals surface area contributed by atoms with E-state index in [0.717, 1.165) is 40.8 Å². The average molecular weight is 274 g/mol. The number of nitrogen functional groups attached to an aromatic ring is 1. The smallest absolute Gasteiger partial charge is 0.162 e. The highest BCUT2D eigenvalue weighted by molar-refractivity contribution is 5.72. The molecule has 1 aromatic carbocycles. The van der Waals surface area contributed by atoms with Crippen LogP contribution in [0.3, 0.4) is 0 Å². The van der Waals surface area contributed by atoms with Gasteiger partial charge in [-0.15, -0.1) is 0 Å². The lowest BCUT2D eigenvalue weighted by atomic mass is 10.0. The molecule has 0 aromatic heterocycles. The second kappa shape index (κ2) is 4.21. The number of benzene rings is 1. The van der Waals surface area contributed by atoms with Gasteiger partial charge in [-0.05, 0) is 42.9 Å². The van der Waals surface area contributed by atoms with Crippen molar-refractivity contribution in [2.75, 3.05) is 25.3 Å². The number of nitrogens with one attached hydrogen (secondary N) is 1. The molecule has 3 aliphatic rings. The molecule has 0 saturated heterocycles. The van der Waals surface area contributed by atoms with Crippen LogP contribution >= 0.6 is 0 Å². The molecule has 108 valence electrons. The van der Waals surface area contributed by atoms with Gasteiger partial charge < -0.3 is 20.5 Å². The van der Waals surface area contributed by atoms with Crippen LogP contribution in [0.2, 0.25) is 0 Å². The number of anilines is 2. The van der Waals surface area contributed by atoms with E-state index in [4.69, 9.17) is 15.2 Å². The highest BCUT2D eigenvalue weighted by Crippen LogP contribution is 2.66. The fraction of sp³-hybridized carbons (Fsp3) is 0.625. The lowest BCUT2D eigenvalue weighted by Gasteiger charge is -2.16. The topological polar surface area (TPSA) is 56.5 Å². The Morgan fingerprint density at radius 3 is 2.25 bits per heavy atom. The van der Waals surface area contributed by atoms with Crippen molar-refractivity contribution in [2.45, 2.75) is 25.3 Å². The summed E-state index contributed by atoms with van der Waals surface area (Å²) in [4.78, 5) is 0. The maximum Gasteiger partial charge on any atom is 0.162 e. The molecule has 3 fully saturated rings. The van der Waals surface area contributed by atoms with E-state index in [1.807, 2.05) is 12.1 Å². The van der Waals surface area contributed by atoms with Gasteiger partial charge in [-0.3, -0.25) is 0 Å². The molecule has 4 rings (SSSR count). The number of fused-ring (bicyclic) bond motifs is 5. The highest BCUT2D eigenvalue weighted by Gasteiger charge is 2.65. The summed E-state index contributed by atoms with van der Waals surface area (Å²) in [5.41, 5.74) is 7.86. The quantitative estimate of drug-likeness (QED) is 0.829. The van der Waals surface area contributed by atoms with Crippen LogP contribution in [-0.2, 0) is 0 Å². The first-order valence-electron chi connectivity index (χ1n) is 7.51. The van der Waals surface area contributed by atoms with E-state index in [1.54, 1.807) is 14.2 Å². The third kappa shape index (κ3) is 1.60. The predicted octanol–water partition coefficient (Wildman–Crippen LogP) is 2.74. The Bertz CT molecular complexity index is 530. The highest BCUT2D eigenvalue weighted by atomic mass is 16.5. The lowest BCUT2D eigenvalue weighted by molar-refractivity contribution is 0.355. The molecule has 2 bridgehead atoms. The summed E-state index contributed by atoms with van der Waals surface area (Å²) in [5, 5.41) is 3.65. The minimum Gasteiger partial charge on any atom is -0.493 e. The summed E-state index contributed by atoms with van der Waals surface area (Å²) in [6.45, 7) is 0. The van der Waals surface area contributed by atoms with Crippen molar-refractivity contribution < 1.29 is 9.47 Å². The van der Waals surface area contributed by atoms with Crippen molar-refractivity contribution in [2.24, 2.45) is 23.7 Å². The molecule has 0 amide bonds. The largest absolute Gasteiger partial charge is 0.493 e. The Morgan fingerprint density at radius 2 is 1.65 bits per heavy atom. The van der Waals surface area contributed by atoms with Gasteiger partial charge in [0.25, 0.3) is 0 Å². The molecular weight excluding hydrogens is 252 g/mol. The van der Waals surface area contributed by atoms with Crippen LogP contribution in [0.5, 0.6) is 11.5 Å². The summed E-state index contributed by atoms with van der Waals surface area (Å²) in [6.07, 6.45) is 4.34. The number of hydrogen-bond donors (Lipinski definition) is 2. The van der Waals surface area contributed by atoms with Gasteiger partial charge in [0.15, 0.2) is 11.5 Å². The first-order valence-corrected chi connectivity index (χ1v) is 7.51. The van der Waals surface area contributed by atoms with Gasteiger partial charge in [0.05, 0.1) is 25.6 Å². The molecule has 3 N–H and O–H groups in total. The summed E-state index contributed by atoms with van der Waals surface area (Å²) in [7, 11) is 3.29. The summed E-state index contributed by atoms with van der Waals surface area (Å²) < 4.78 is 10.6. The van der Waals surface area contributed by atoms with Crippen LogP contribution in [-0.4, -0.2) is 20.3 Å². The van der Waals surface area contributed by atoms with Crippen LogP contribution in [0.15, 0.2) is 12.1 Å². The van der Waals surface area contributed by atoms with E-state index in [1.165, 1.54) is 19.3 Å². The summed E-state index contributed by atoms with van der Waals surface area (Å²) in [6, 6.07) is 4.43. The van der Waals surface area contributed by atoms with Gasteiger partial charge in [-0.25, -0.2) is 0 Å². The second-order valence-corrected chi connectivity index (χ2v) is 6.45. The van der Waals surface area contributed by atoms with Crippen LogP contribution in [0.25, 0.3) is 0 Å². The first-order chi connectivity index (χ1) is 9.72. The Kier molecular flexibility index (Phi) is 2.56. The minimum atomic E-state index is 0.627. The van der Waals surface area contributed by atoms with Crippen LogP contribution in [0.4, 0.5) is 11.4 Å². The Morgan fingerprint density at radius 1 is 1.05 bits per heavy atom. The molecule has 1 aromatic rings. The number of hydrogen-bond acceptors (Lipinski definition) is 4. The summed E-state index contributed by atoms with van der Waals surface area (Å²) >= 11 is 0. The molecule has 4 atom stereocenters. The maximum atomic E-state index is 6.13. The molecule has 4 unspecified atom stereocenters. The van der Waals surface area contributed by atoms with Crippen molar-refractivity contribution in [3.05, 3.63) is 12.1 Å². The standard InChI is InChI=1S/C16H22N2O2/c1-19-12-6-10(17)11(7-13(12)20-2)18-16-14-8-3-4-9(5-8)15(14)16/h6-9,14-16,18H,3-5,17H2,1-2H3. The molecule has 20 heavy (non-hydrogen) atoms. The number of rotatable bonds is 4. The van der Waals surface area contributed by atoms with Crippen LogP contribution < -0.4 is 20.5 Å². The minimum absolute atomic E-state index is 0.627. The van der Waals surface area contributed by atoms with Crippen LogP contribution in [0, 0.1) is 23.7 Å². The molecule has 4 nitrogen and oxygen atoms in total. The number of ether oxygens (including phenoxy) is 2. The normalized spacial score (nSPS) is 36.6. The van der Waals surface area contributed by atoms with E-state index in [9.17, 15) is 0 Å². The van der Waals surface area contributed by atoms with E-state index in [0.29, 0.717) is 11.8 Å². The summed E-state index contributed by atoms with van der Waals surface area (Å²) in [5.74, 6) is 5.12. The Balaban J connectivity index is 1.55. The molecule has 3 saturated carbocycles. The molecule has 0 aliphatic heterocycles. The monoisotopic (exact) mass is 274 g/mol. The van der Waals surface area contributed by atoms with Gasteiger partial charge in [0.1, 0.15) is 0 Å². The van der Waals surface area contributed by atoms with Crippen molar-refractivity contribution in [3.8, 4) is 11.5 Å². The fourth-order valence-corrected chi connectivity index (χ4v) is 4.72. The second-order valence-electron chi connectivity index (χ2n) is 6.45. The van der Waals surface area contributed by atoms with Crippen LogP contribution in [0.1, 0.15) is 19.3 Å². The zero-order valence-corrected chi connectivity index (χ0v) is 12.1. The molecule has 0 spiro atoms. The van der Waals surface area contributed by atoms with E-state index >= 15 is 0 Å². The predicted molar refractivity (Wildman–Crippen MR) is 79.2 cm³/mol. The Hall–Kier alpha value is -1.58. The zero-order chi connectivity index (χ0) is 13.9. The van der Waals surface area contributed by atoms with Crippen molar-refractivity contribution >= 4 is 11.4 Å². The van der Waals surface area contributed by atoms with Crippen molar-refractivity contribution in [1.29, 1.82) is 0 Å². The van der Waals surface area contributed by atoms with E-state index in [2.05, 4.69) is 5.32 Å². The number of nitrogens with two attached hydrogens (primary N) is 1. The van der Waals surface area contributed by atoms with Gasteiger partial charge in [-0.2, -0.15) is 0 Å². The molecule has 4 heteroatoms. The van der Waals surface area contributed by atoms with Gasteiger partial charge in [0, 0.05) is 18.2 Å². The lowest BCUT2D eigenvalue weighted by Crippen LogP contribution is -2.14. The SMILES string of the molecule is COc1cc(N)c(NC2C3C4CCC(C4)C23)cc1OC.